The lowest BCUT2D eigenvalue weighted by Crippen LogP contribution is -2.14. The Hall–Kier alpha value is -2.77. The number of benzene rings is 2. The third-order valence-electron chi connectivity index (χ3n) is 3.77. The summed E-state index contributed by atoms with van der Waals surface area (Å²) in [6.07, 6.45) is 0.225. The quantitative estimate of drug-likeness (QED) is 0.548. The molecule has 0 atom stereocenters. The Bertz CT molecular complexity index is 1020. The van der Waals surface area contributed by atoms with Gasteiger partial charge in [-0.1, -0.05) is 23.5 Å². The molecular weight excluding hydrogens is 366 g/mol. The van der Waals surface area contributed by atoms with Gasteiger partial charge in [-0.15, -0.1) is 11.3 Å². The normalized spacial score (nSPS) is 10.8. The zero-order chi connectivity index (χ0) is 17.9. The average Bonchev–Trinajstić information content (AvgIpc) is 3.28. The van der Waals surface area contributed by atoms with E-state index >= 15 is 0 Å². The number of methoxy groups -OCH3 is 1. The largest absolute Gasteiger partial charge is 0.497 e. The van der Waals surface area contributed by atoms with Gasteiger partial charge in [0.2, 0.25) is 5.91 Å². The van der Waals surface area contributed by atoms with Crippen LogP contribution in [0.4, 0.5) is 5.13 Å². The number of hydrogen-bond acceptors (Lipinski definition) is 6. The molecule has 2 heterocycles. The lowest BCUT2D eigenvalue weighted by molar-refractivity contribution is -0.115. The molecule has 0 saturated carbocycles. The highest BCUT2D eigenvalue weighted by Crippen LogP contribution is 2.27. The Balaban J connectivity index is 1.43. The number of para-hydroxylation sites is 1. The topological polar surface area (TPSA) is 64.1 Å². The van der Waals surface area contributed by atoms with Crippen LogP contribution in [0.5, 0.6) is 5.75 Å². The fourth-order valence-electron chi connectivity index (χ4n) is 2.51. The van der Waals surface area contributed by atoms with E-state index in [0.717, 1.165) is 32.2 Å². The van der Waals surface area contributed by atoms with Gasteiger partial charge < -0.3 is 10.1 Å². The number of nitrogens with zero attached hydrogens (tertiary/aromatic N) is 2. The highest BCUT2D eigenvalue weighted by Gasteiger charge is 2.11. The molecule has 0 fully saturated rings. The molecule has 0 radical (unpaired) electrons. The predicted octanol–water partition coefficient (Wildman–Crippen LogP) is 4.61. The zero-order valence-corrected chi connectivity index (χ0v) is 15.6. The van der Waals surface area contributed by atoms with Crippen molar-refractivity contribution in [2.75, 3.05) is 12.4 Å². The number of amides is 1. The van der Waals surface area contributed by atoms with E-state index in [1.165, 1.54) is 22.7 Å². The van der Waals surface area contributed by atoms with Crippen molar-refractivity contribution in [2.24, 2.45) is 0 Å². The first-order valence-corrected chi connectivity index (χ1v) is 9.65. The van der Waals surface area contributed by atoms with Gasteiger partial charge in [-0.05, 0) is 36.4 Å². The fraction of sp³-hybridized carbons (Fsp3) is 0.105. The second kappa shape index (κ2) is 7.23. The SMILES string of the molecule is COc1ccc(-c2nc(CC(=O)Nc3nc4ccccc4s3)cs2)cc1. The van der Waals surface area contributed by atoms with Gasteiger partial charge in [-0.3, -0.25) is 4.79 Å². The average molecular weight is 381 g/mol. The Morgan fingerprint density at radius 3 is 2.69 bits per heavy atom. The van der Waals surface area contributed by atoms with E-state index in [1.807, 2.05) is 53.9 Å². The molecule has 5 nitrogen and oxygen atoms in total. The number of aromatic nitrogens is 2. The molecule has 1 N–H and O–H groups in total. The predicted molar refractivity (Wildman–Crippen MR) is 106 cm³/mol. The summed E-state index contributed by atoms with van der Waals surface area (Å²) in [4.78, 5) is 21.3. The maximum atomic E-state index is 12.3. The van der Waals surface area contributed by atoms with E-state index in [-0.39, 0.29) is 12.3 Å². The van der Waals surface area contributed by atoms with Gasteiger partial charge in [0.15, 0.2) is 5.13 Å². The minimum Gasteiger partial charge on any atom is -0.497 e. The van der Waals surface area contributed by atoms with E-state index in [0.29, 0.717) is 5.13 Å². The third-order valence-corrected chi connectivity index (χ3v) is 5.66. The van der Waals surface area contributed by atoms with Crippen LogP contribution in [0.3, 0.4) is 0 Å². The number of ether oxygens (including phenoxy) is 1. The second-order valence-electron chi connectivity index (χ2n) is 5.58. The molecule has 0 unspecified atom stereocenters. The summed E-state index contributed by atoms with van der Waals surface area (Å²) in [6, 6.07) is 15.5. The number of hydrogen-bond donors (Lipinski definition) is 1. The second-order valence-corrected chi connectivity index (χ2v) is 7.47. The summed E-state index contributed by atoms with van der Waals surface area (Å²) in [5.41, 5.74) is 2.65. The van der Waals surface area contributed by atoms with Crippen LogP contribution in [0.25, 0.3) is 20.8 Å². The van der Waals surface area contributed by atoms with Crippen LogP contribution in [-0.4, -0.2) is 23.0 Å². The summed E-state index contributed by atoms with van der Waals surface area (Å²) in [7, 11) is 1.64. The molecule has 7 heteroatoms. The molecule has 4 rings (SSSR count). The van der Waals surface area contributed by atoms with Crippen LogP contribution in [0.15, 0.2) is 53.9 Å². The number of carbonyl (C=O) groups is 1. The van der Waals surface area contributed by atoms with Gasteiger partial charge in [0.25, 0.3) is 0 Å². The molecule has 0 bridgehead atoms. The van der Waals surface area contributed by atoms with Gasteiger partial charge >= 0.3 is 0 Å². The minimum absolute atomic E-state index is 0.115. The van der Waals surface area contributed by atoms with Crippen molar-refractivity contribution in [3.63, 3.8) is 0 Å². The third kappa shape index (κ3) is 3.58. The van der Waals surface area contributed by atoms with Gasteiger partial charge in [-0.2, -0.15) is 0 Å². The molecule has 4 aromatic rings. The minimum atomic E-state index is -0.115. The molecule has 0 aliphatic carbocycles. The van der Waals surface area contributed by atoms with Crippen LogP contribution >= 0.6 is 22.7 Å². The molecule has 130 valence electrons. The van der Waals surface area contributed by atoms with Crippen molar-refractivity contribution < 1.29 is 9.53 Å². The Morgan fingerprint density at radius 2 is 1.92 bits per heavy atom. The molecular formula is C19H15N3O2S2. The van der Waals surface area contributed by atoms with Crippen LogP contribution in [0, 0.1) is 0 Å². The Kier molecular flexibility index (Phi) is 4.64. The van der Waals surface area contributed by atoms with Gasteiger partial charge in [-0.25, -0.2) is 9.97 Å². The molecule has 0 aliphatic rings. The first kappa shape index (κ1) is 16.7. The Labute approximate surface area is 158 Å². The van der Waals surface area contributed by atoms with E-state index < -0.39 is 0 Å². The smallest absolute Gasteiger partial charge is 0.232 e. The molecule has 0 spiro atoms. The maximum absolute atomic E-state index is 12.3. The highest BCUT2D eigenvalue weighted by atomic mass is 32.1. The lowest BCUT2D eigenvalue weighted by atomic mass is 10.2. The number of rotatable bonds is 5. The van der Waals surface area contributed by atoms with Crippen molar-refractivity contribution in [3.8, 4) is 16.3 Å². The standard InChI is InChI=1S/C19H15N3O2S2/c1-24-14-8-6-12(7-9-14)18-20-13(11-25-18)10-17(23)22-19-21-15-4-2-3-5-16(15)26-19/h2-9,11H,10H2,1H3,(H,21,22,23). The number of carbonyl (C=O) groups excluding carboxylic acids is 1. The van der Waals surface area contributed by atoms with Crippen LogP contribution in [-0.2, 0) is 11.2 Å². The van der Waals surface area contributed by atoms with Crippen molar-refractivity contribution in [3.05, 3.63) is 59.6 Å². The number of fused-ring (bicyclic) bond motifs is 1. The number of nitrogens with one attached hydrogen (secondary N) is 1. The van der Waals surface area contributed by atoms with Crippen LogP contribution in [0.1, 0.15) is 5.69 Å². The van der Waals surface area contributed by atoms with Gasteiger partial charge in [0.05, 0.1) is 29.4 Å². The summed E-state index contributed by atoms with van der Waals surface area (Å²) in [6.45, 7) is 0. The lowest BCUT2D eigenvalue weighted by Gasteiger charge is -2.00. The molecule has 0 saturated heterocycles. The first-order valence-electron chi connectivity index (χ1n) is 7.95. The molecule has 0 aliphatic heterocycles. The van der Waals surface area contributed by atoms with Gasteiger partial charge in [0, 0.05) is 10.9 Å². The monoisotopic (exact) mass is 381 g/mol. The summed E-state index contributed by atoms with van der Waals surface area (Å²) >= 11 is 2.99. The van der Waals surface area contributed by atoms with E-state index in [9.17, 15) is 4.79 Å². The molecule has 1 amide bonds. The van der Waals surface area contributed by atoms with Crippen molar-refractivity contribution in [1.29, 1.82) is 0 Å². The van der Waals surface area contributed by atoms with E-state index in [1.54, 1.807) is 7.11 Å². The number of thiazole rings is 2. The van der Waals surface area contributed by atoms with Crippen LogP contribution < -0.4 is 10.1 Å². The summed E-state index contributed by atoms with van der Waals surface area (Å²) < 4.78 is 6.22. The Morgan fingerprint density at radius 1 is 1.12 bits per heavy atom. The molecule has 26 heavy (non-hydrogen) atoms. The van der Waals surface area contributed by atoms with Gasteiger partial charge in [0.1, 0.15) is 10.8 Å². The molecule has 2 aromatic heterocycles. The van der Waals surface area contributed by atoms with E-state index in [4.69, 9.17) is 4.74 Å². The van der Waals surface area contributed by atoms with E-state index in [2.05, 4.69) is 15.3 Å². The highest BCUT2D eigenvalue weighted by molar-refractivity contribution is 7.22. The number of anilines is 1. The molecule has 2 aromatic carbocycles. The van der Waals surface area contributed by atoms with Crippen molar-refractivity contribution in [2.45, 2.75) is 6.42 Å². The summed E-state index contributed by atoms with van der Waals surface area (Å²) in [5.74, 6) is 0.691. The maximum Gasteiger partial charge on any atom is 0.232 e. The zero-order valence-electron chi connectivity index (χ0n) is 13.9. The fourth-order valence-corrected chi connectivity index (χ4v) is 4.22. The van der Waals surface area contributed by atoms with Crippen molar-refractivity contribution in [1.82, 2.24) is 9.97 Å². The van der Waals surface area contributed by atoms with Crippen molar-refractivity contribution >= 4 is 43.9 Å². The summed E-state index contributed by atoms with van der Waals surface area (Å²) in [5, 5.41) is 6.27. The van der Waals surface area contributed by atoms with Crippen LogP contribution in [0.2, 0.25) is 0 Å². The first-order chi connectivity index (χ1) is 12.7.